The molecule has 1 amide bonds. The molecule has 3 nitrogen and oxygen atoms in total. The maximum Gasteiger partial charge on any atom is 0.266 e. The number of benzene rings is 1. The van der Waals surface area contributed by atoms with Crippen molar-refractivity contribution in [2.24, 2.45) is 0 Å². The average molecular weight is 319 g/mol. The smallest absolute Gasteiger partial charge is 0.266 e. The summed E-state index contributed by atoms with van der Waals surface area (Å²) in [5.41, 5.74) is 0.900. The first-order chi connectivity index (χ1) is 10.1. The predicted octanol–water partition coefficient (Wildman–Crippen LogP) is 3.93. The molecule has 1 aromatic carbocycles. The van der Waals surface area contributed by atoms with Gasteiger partial charge in [0, 0.05) is 6.04 Å². The van der Waals surface area contributed by atoms with E-state index in [2.05, 4.69) is 0 Å². The molecule has 5 heteroatoms. The number of carbonyl (C=O) groups excluding carboxylic acids is 1. The molecule has 1 aliphatic heterocycles. The molecular weight excluding hydrogens is 302 g/mol. The summed E-state index contributed by atoms with van der Waals surface area (Å²) in [6.07, 6.45) is 7.57. The van der Waals surface area contributed by atoms with Gasteiger partial charge in [-0.3, -0.25) is 9.69 Å². The number of carbonyl (C=O) groups is 1. The quantitative estimate of drug-likeness (QED) is 0.662. The Morgan fingerprint density at radius 1 is 1.19 bits per heavy atom. The van der Waals surface area contributed by atoms with Crippen LogP contribution in [0, 0.1) is 0 Å². The Kier molecular flexibility index (Phi) is 4.31. The minimum Gasteiger partial charge on any atom is -0.508 e. The van der Waals surface area contributed by atoms with Crippen molar-refractivity contribution >= 4 is 40.3 Å². The summed E-state index contributed by atoms with van der Waals surface area (Å²) < 4.78 is 0.678. The molecule has 21 heavy (non-hydrogen) atoms. The minimum absolute atomic E-state index is 0.0324. The Morgan fingerprint density at radius 2 is 1.86 bits per heavy atom. The molecule has 0 atom stereocenters. The third-order valence-corrected chi connectivity index (χ3v) is 5.28. The van der Waals surface area contributed by atoms with E-state index in [9.17, 15) is 9.90 Å². The van der Waals surface area contributed by atoms with E-state index in [0.717, 1.165) is 18.4 Å². The van der Waals surface area contributed by atoms with Gasteiger partial charge in [0.05, 0.1) is 4.91 Å². The van der Waals surface area contributed by atoms with Crippen molar-refractivity contribution in [3.63, 3.8) is 0 Å². The number of amides is 1. The molecule has 1 saturated heterocycles. The third-order valence-electron chi connectivity index (χ3n) is 3.95. The van der Waals surface area contributed by atoms with E-state index < -0.39 is 0 Å². The van der Waals surface area contributed by atoms with Gasteiger partial charge in [-0.15, -0.1) is 0 Å². The van der Waals surface area contributed by atoms with Gasteiger partial charge in [-0.1, -0.05) is 55.4 Å². The van der Waals surface area contributed by atoms with E-state index in [1.54, 1.807) is 24.3 Å². The molecular formula is C16H17NO2S2. The SMILES string of the molecule is O=C1/C(=C/c2ccc(O)cc2)SC(=S)N1C1CCCCC1. The fraction of sp³-hybridized carbons (Fsp3) is 0.375. The first kappa shape index (κ1) is 14.6. The van der Waals surface area contributed by atoms with Gasteiger partial charge in [-0.25, -0.2) is 0 Å². The highest BCUT2D eigenvalue weighted by Gasteiger charge is 2.37. The summed E-state index contributed by atoms with van der Waals surface area (Å²) in [6.45, 7) is 0. The van der Waals surface area contributed by atoms with E-state index in [4.69, 9.17) is 12.2 Å². The number of thiocarbonyl (C=S) groups is 1. The second-order valence-corrected chi connectivity index (χ2v) is 7.11. The normalized spacial score (nSPS) is 22.3. The van der Waals surface area contributed by atoms with E-state index >= 15 is 0 Å². The summed E-state index contributed by atoms with van der Waals surface area (Å²) >= 11 is 6.78. The number of hydrogen-bond acceptors (Lipinski definition) is 4. The van der Waals surface area contributed by atoms with Gasteiger partial charge in [0.25, 0.3) is 5.91 Å². The van der Waals surface area contributed by atoms with Crippen LogP contribution in [-0.4, -0.2) is 26.3 Å². The Morgan fingerprint density at radius 3 is 2.52 bits per heavy atom. The van der Waals surface area contributed by atoms with Gasteiger partial charge in [-0.2, -0.15) is 0 Å². The van der Waals surface area contributed by atoms with Gasteiger partial charge in [0.1, 0.15) is 10.1 Å². The van der Waals surface area contributed by atoms with Crippen LogP contribution in [0.15, 0.2) is 29.2 Å². The molecule has 0 unspecified atom stereocenters. The second kappa shape index (κ2) is 6.20. The monoisotopic (exact) mass is 319 g/mol. The minimum atomic E-state index is 0.0324. The molecule has 1 aromatic rings. The zero-order chi connectivity index (χ0) is 14.8. The highest BCUT2D eigenvalue weighted by Crippen LogP contribution is 2.37. The standard InChI is InChI=1S/C16H17NO2S2/c18-13-8-6-11(7-9-13)10-14-15(19)17(16(20)21-14)12-4-2-1-3-5-12/h6-10,12,18H,1-5H2/b14-10-. The highest BCUT2D eigenvalue weighted by molar-refractivity contribution is 8.26. The fourth-order valence-electron chi connectivity index (χ4n) is 2.86. The zero-order valence-corrected chi connectivity index (χ0v) is 13.3. The number of phenols is 1. The zero-order valence-electron chi connectivity index (χ0n) is 11.6. The Labute approximate surface area is 134 Å². The summed E-state index contributed by atoms with van der Waals surface area (Å²) in [5, 5.41) is 9.30. The number of nitrogens with zero attached hydrogens (tertiary/aromatic N) is 1. The number of aromatic hydroxyl groups is 1. The van der Waals surface area contributed by atoms with Crippen LogP contribution in [0.5, 0.6) is 5.75 Å². The Bertz CT molecular complexity index is 589. The molecule has 110 valence electrons. The summed E-state index contributed by atoms with van der Waals surface area (Å²) in [5.74, 6) is 0.256. The lowest BCUT2D eigenvalue weighted by atomic mass is 9.94. The van der Waals surface area contributed by atoms with Crippen molar-refractivity contribution in [1.82, 2.24) is 4.90 Å². The highest BCUT2D eigenvalue weighted by atomic mass is 32.2. The van der Waals surface area contributed by atoms with Gasteiger partial charge >= 0.3 is 0 Å². The number of rotatable bonds is 2. The largest absolute Gasteiger partial charge is 0.508 e. The predicted molar refractivity (Wildman–Crippen MR) is 90.0 cm³/mol. The molecule has 1 aliphatic carbocycles. The maximum atomic E-state index is 12.6. The van der Waals surface area contributed by atoms with E-state index in [1.165, 1.54) is 31.0 Å². The van der Waals surface area contributed by atoms with Crippen molar-refractivity contribution in [3.05, 3.63) is 34.7 Å². The molecule has 3 rings (SSSR count). The molecule has 0 radical (unpaired) electrons. The molecule has 0 aromatic heterocycles. The second-order valence-electron chi connectivity index (χ2n) is 5.44. The fourth-order valence-corrected chi connectivity index (χ4v) is 4.26. The lowest BCUT2D eigenvalue weighted by Gasteiger charge is -2.29. The van der Waals surface area contributed by atoms with Crippen LogP contribution in [0.25, 0.3) is 6.08 Å². The number of thioether (sulfide) groups is 1. The molecule has 1 saturated carbocycles. The van der Waals surface area contributed by atoms with Gasteiger partial charge in [-0.05, 0) is 36.6 Å². The van der Waals surface area contributed by atoms with Crippen LogP contribution < -0.4 is 0 Å². The average Bonchev–Trinajstić information content (AvgIpc) is 2.77. The van der Waals surface area contributed by atoms with Crippen LogP contribution in [-0.2, 0) is 4.79 Å². The van der Waals surface area contributed by atoms with E-state index in [1.807, 2.05) is 11.0 Å². The third kappa shape index (κ3) is 3.14. The van der Waals surface area contributed by atoms with Crippen molar-refractivity contribution in [3.8, 4) is 5.75 Å². The van der Waals surface area contributed by atoms with E-state index in [-0.39, 0.29) is 17.7 Å². The van der Waals surface area contributed by atoms with Crippen molar-refractivity contribution in [1.29, 1.82) is 0 Å². The Balaban J connectivity index is 1.80. The van der Waals surface area contributed by atoms with E-state index in [0.29, 0.717) is 9.23 Å². The summed E-state index contributed by atoms with van der Waals surface area (Å²) in [6, 6.07) is 7.10. The van der Waals surface area contributed by atoms with Gasteiger partial charge in [0.15, 0.2) is 0 Å². The van der Waals surface area contributed by atoms with Gasteiger partial charge < -0.3 is 5.11 Å². The number of hydrogen-bond donors (Lipinski definition) is 1. The lowest BCUT2D eigenvalue weighted by Crippen LogP contribution is -2.39. The van der Waals surface area contributed by atoms with Crippen molar-refractivity contribution < 1.29 is 9.90 Å². The molecule has 2 fully saturated rings. The molecule has 0 spiro atoms. The van der Waals surface area contributed by atoms with Crippen LogP contribution in [0.1, 0.15) is 37.7 Å². The first-order valence-corrected chi connectivity index (χ1v) is 8.44. The summed E-state index contributed by atoms with van der Waals surface area (Å²) in [7, 11) is 0. The maximum absolute atomic E-state index is 12.6. The molecule has 2 aliphatic rings. The topological polar surface area (TPSA) is 40.5 Å². The van der Waals surface area contributed by atoms with Crippen LogP contribution in [0.3, 0.4) is 0 Å². The van der Waals surface area contributed by atoms with Crippen molar-refractivity contribution in [2.45, 2.75) is 38.1 Å². The first-order valence-electron chi connectivity index (χ1n) is 7.21. The van der Waals surface area contributed by atoms with Crippen LogP contribution in [0.4, 0.5) is 0 Å². The molecule has 1 heterocycles. The molecule has 1 N–H and O–H groups in total. The number of phenolic OH excluding ortho intramolecular Hbond substituents is 1. The lowest BCUT2D eigenvalue weighted by molar-refractivity contribution is -0.124. The van der Waals surface area contributed by atoms with Crippen molar-refractivity contribution in [2.75, 3.05) is 0 Å². The van der Waals surface area contributed by atoms with Gasteiger partial charge in [0.2, 0.25) is 0 Å². The van der Waals surface area contributed by atoms with Crippen LogP contribution in [0.2, 0.25) is 0 Å². The van der Waals surface area contributed by atoms with Crippen LogP contribution >= 0.6 is 24.0 Å². The Hall–Kier alpha value is -1.33. The molecule has 0 bridgehead atoms. The summed E-state index contributed by atoms with van der Waals surface area (Å²) in [4.78, 5) is 15.1.